The number of allylic oxidation sites excluding steroid dienone is 2. The molecule has 1 aromatic rings. The largest absolute Gasteiger partial charge is 0.481 e. The minimum atomic E-state index is -0.848. The zero-order valence-electron chi connectivity index (χ0n) is 14.7. The topological polar surface area (TPSA) is 84.2 Å². The van der Waals surface area contributed by atoms with Gasteiger partial charge in [0.05, 0.1) is 18.0 Å². The molecular weight excluding hydrogens is 306 g/mol. The monoisotopic (exact) mass is 331 g/mol. The molecule has 2 bridgehead atoms. The summed E-state index contributed by atoms with van der Waals surface area (Å²) < 4.78 is 1.76. The smallest absolute Gasteiger partial charge is 0.307 e. The maximum absolute atomic E-state index is 12.8. The normalized spacial score (nSPS) is 28.2. The molecule has 4 atom stereocenters. The Morgan fingerprint density at radius 2 is 1.92 bits per heavy atom. The molecule has 130 valence electrons. The van der Waals surface area contributed by atoms with Crippen LogP contribution in [-0.4, -0.2) is 26.8 Å². The third-order valence-corrected chi connectivity index (χ3v) is 5.80. The Bertz CT molecular complexity index is 715. The lowest BCUT2D eigenvalue weighted by Gasteiger charge is -2.26. The summed E-state index contributed by atoms with van der Waals surface area (Å²) in [7, 11) is 1.86. The highest BCUT2D eigenvalue weighted by Crippen LogP contribution is 2.57. The van der Waals surface area contributed by atoms with E-state index in [1.165, 1.54) is 11.1 Å². The van der Waals surface area contributed by atoms with Crippen LogP contribution in [-0.2, 0) is 23.2 Å². The first-order valence-corrected chi connectivity index (χ1v) is 8.48. The molecule has 24 heavy (non-hydrogen) atoms. The van der Waals surface area contributed by atoms with Gasteiger partial charge in [0.1, 0.15) is 0 Å². The van der Waals surface area contributed by atoms with E-state index in [9.17, 15) is 14.7 Å². The fraction of sp³-hybridized carbons (Fsp3) is 0.611. The molecule has 2 fully saturated rings. The van der Waals surface area contributed by atoms with Gasteiger partial charge in [-0.3, -0.25) is 14.3 Å². The molecule has 0 aliphatic heterocycles. The molecule has 1 heterocycles. The number of carboxylic acid groups (broad SMARTS) is 1. The van der Waals surface area contributed by atoms with Gasteiger partial charge in [-0.25, -0.2) is 0 Å². The molecule has 1 amide bonds. The molecule has 0 aromatic carbocycles. The van der Waals surface area contributed by atoms with E-state index in [1.54, 1.807) is 10.9 Å². The quantitative estimate of drug-likeness (QED) is 0.827. The molecule has 0 spiro atoms. The molecular formula is C18H25N3O3. The van der Waals surface area contributed by atoms with Gasteiger partial charge in [0.2, 0.25) is 5.91 Å². The predicted octanol–water partition coefficient (Wildman–Crippen LogP) is 2.04. The molecule has 2 saturated carbocycles. The van der Waals surface area contributed by atoms with Crippen LogP contribution in [0.2, 0.25) is 0 Å². The first-order valence-electron chi connectivity index (χ1n) is 8.48. The number of hydrogen-bond acceptors (Lipinski definition) is 3. The van der Waals surface area contributed by atoms with Crippen LogP contribution >= 0.6 is 0 Å². The molecule has 1 aromatic heterocycles. The Hall–Kier alpha value is -2.11. The number of amides is 1. The zero-order valence-corrected chi connectivity index (χ0v) is 14.7. The number of carbonyl (C=O) groups is 2. The summed E-state index contributed by atoms with van der Waals surface area (Å²) in [5.41, 5.74) is 4.35. The van der Waals surface area contributed by atoms with Gasteiger partial charge >= 0.3 is 5.97 Å². The second kappa shape index (κ2) is 6.07. The lowest BCUT2D eigenvalue weighted by molar-refractivity contribution is -0.149. The SMILES string of the molecule is CC(C)=C1[C@H]2CC[C@@H]1[C@@H](C(=O)O)[C@@H]2C(=O)NCc1cnn(C)c1C. The number of aliphatic carboxylic acids is 1. The van der Waals surface area contributed by atoms with Crippen molar-refractivity contribution < 1.29 is 14.7 Å². The highest BCUT2D eigenvalue weighted by Gasteiger charge is 2.57. The number of carboxylic acids is 1. The summed E-state index contributed by atoms with van der Waals surface area (Å²) >= 11 is 0. The van der Waals surface area contributed by atoms with Crippen molar-refractivity contribution in [3.8, 4) is 0 Å². The number of fused-ring (bicyclic) bond motifs is 2. The van der Waals surface area contributed by atoms with Crippen molar-refractivity contribution in [2.45, 2.75) is 40.2 Å². The summed E-state index contributed by atoms with van der Waals surface area (Å²) in [6, 6.07) is 0. The third-order valence-electron chi connectivity index (χ3n) is 5.80. The highest BCUT2D eigenvalue weighted by molar-refractivity contribution is 5.87. The first kappa shape index (κ1) is 16.7. The molecule has 0 saturated heterocycles. The predicted molar refractivity (Wildman–Crippen MR) is 89.0 cm³/mol. The van der Waals surface area contributed by atoms with Crippen LogP contribution in [0.1, 0.15) is 37.9 Å². The van der Waals surface area contributed by atoms with Gasteiger partial charge in [0, 0.05) is 24.8 Å². The lowest BCUT2D eigenvalue weighted by atomic mass is 9.78. The van der Waals surface area contributed by atoms with Crippen molar-refractivity contribution in [1.29, 1.82) is 0 Å². The molecule has 6 heteroatoms. The van der Waals surface area contributed by atoms with Crippen LogP contribution in [0.5, 0.6) is 0 Å². The van der Waals surface area contributed by atoms with Gasteiger partial charge in [-0.15, -0.1) is 0 Å². The van der Waals surface area contributed by atoms with E-state index in [2.05, 4.69) is 10.4 Å². The second-order valence-corrected chi connectivity index (χ2v) is 7.23. The van der Waals surface area contributed by atoms with E-state index in [0.717, 1.165) is 24.1 Å². The fourth-order valence-electron chi connectivity index (χ4n) is 4.62. The molecule has 0 unspecified atom stereocenters. The third kappa shape index (κ3) is 2.54. The summed E-state index contributed by atoms with van der Waals surface area (Å²) in [5, 5.41) is 16.8. The van der Waals surface area contributed by atoms with Crippen LogP contribution in [0.4, 0.5) is 0 Å². The summed E-state index contributed by atoms with van der Waals surface area (Å²) in [4.78, 5) is 24.6. The number of hydrogen-bond donors (Lipinski definition) is 2. The van der Waals surface area contributed by atoms with Crippen LogP contribution in [0.15, 0.2) is 17.3 Å². The number of rotatable bonds is 4. The van der Waals surface area contributed by atoms with Crippen molar-refractivity contribution in [2.24, 2.45) is 30.7 Å². The van der Waals surface area contributed by atoms with Crippen molar-refractivity contribution in [2.75, 3.05) is 0 Å². The number of nitrogens with zero attached hydrogens (tertiary/aromatic N) is 2. The van der Waals surface area contributed by atoms with Crippen molar-refractivity contribution in [3.05, 3.63) is 28.6 Å². The van der Waals surface area contributed by atoms with E-state index >= 15 is 0 Å². The molecule has 0 radical (unpaired) electrons. The molecule has 3 rings (SSSR count). The van der Waals surface area contributed by atoms with Gasteiger partial charge < -0.3 is 10.4 Å². The number of aryl methyl sites for hydroxylation is 1. The average Bonchev–Trinajstić information content (AvgIpc) is 3.18. The van der Waals surface area contributed by atoms with Crippen LogP contribution in [0.25, 0.3) is 0 Å². The molecule has 2 N–H and O–H groups in total. The van der Waals surface area contributed by atoms with Gasteiger partial charge in [0.25, 0.3) is 0 Å². The average molecular weight is 331 g/mol. The van der Waals surface area contributed by atoms with Crippen LogP contribution in [0.3, 0.4) is 0 Å². The minimum Gasteiger partial charge on any atom is -0.481 e. The van der Waals surface area contributed by atoms with Gasteiger partial charge in [-0.2, -0.15) is 5.10 Å². The zero-order chi connectivity index (χ0) is 17.6. The van der Waals surface area contributed by atoms with Crippen LogP contribution in [0, 0.1) is 30.6 Å². The molecule has 2 aliphatic carbocycles. The number of nitrogens with one attached hydrogen (secondary N) is 1. The van der Waals surface area contributed by atoms with E-state index in [-0.39, 0.29) is 17.7 Å². The van der Waals surface area contributed by atoms with E-state index in [1.807, 2.05) is 27.8 Å². The fourth-order valence-corrected chi connectivity index (χ4v) is 4.62. The summed E-state index contributed by atoms with van der Waals surface area (Å²) in [6.45, 7) is 6.40. The van der Waals surface area contributed by atoms with Gasteiger partial charge in [-0.05, 0) is 45.4 Å². The van der Waals surface area contributed by atoms with E-state index in [4.69, 9.17) is 0 Å². The summed E-state index contributed by atoms with van der Waals surface area (Å²) in [5.74, 6) is -1.94. The Kier molecular flexibility index (Phi) is 4.24. The Morgan fingerprint density at radius 1 is 1.29 bits per heavy atom. The Balaban J connectivity index is 1.79. The molecule has 2 aliphatic rings. The lowest BCUT2D eigenvalue weighted by Crippen LogP contribution is -2.41. The van der Waals surface area contributed by atoms with Gasteiger partial charge in [-0.1, -0.05) is 11.1 Å². The maximum atomic E-state index is 12.8. The van der Waals surface area contributed by atoms with Gasteiger partial charge in [0.15, 0.2) is 0 Å². The van der Waals surface area contributed by atoms with Crippen molar-refractivity contribution in [3.63, 3.8) is 0 Å². The second-order valence-electron chi connectivity index (χ2n) is 7.23. The standard InChI is InChI=1S/C18H25N3O3/c1-9(2)14-12-5-6-13(14)16(18(23)24)15(12)17(22)19-7-11-8-20-21(4)10(11)3/h8,12-13,15-16H,5-7H2,1-4H3,(H,19,22)(H,23,24)/t12-,13+,15-,16-/m1/s1. The number of aromatic nitrogens is 2. The van der Waals surface area contributed by atoms with E-state index < -0.39 is 17.8 Å². The summed E-state index contributed by atoms with van der Waals surface area (Å²) in [6.07, 6.45) is 3.54. The van der Waals surface area contributed by atoms with Crippen molar-refractivity contribution >= 4 is 11.9 Å². The maximum Gasteiger partial charge on any atom is 0.307 e. The minimum absolute atomic E-state index is 0.0216. The number of carbonyl (C=O) groups excluding carboxylic acids is 1. The van der Waals surface area contributed by atoms with Crippen LogP contribution < -0.4 is 5.32 Å². The van der Waals surface area contributed by atoms with Crippen molar-refractivity contribution in [1.82, 2.24) is 15.1 Å². The highest BCUT2D eigenvalue weighted by atomic mass is 16.4. The Labute approximate surface area is 141 Å². The Morgan fingerprint density at radius 3 is 2.42 bits per heavy atom. The first-order chi connectivity index (χ1) is 11.3. The molecule has 6 nitrogen and oxygen atoms in total. The van der Waals surface area contributed by atoms with E-state index in [0.29, 0.717) is 6.54 Å².